The molecule has 120 valence electrons. The Labute approximate surface area is 132 Å². The Morgan fingerprint density at radius 2 is 2.00 bits per heavy atom. The van der Waals surface area contributed by atoms with Crippen LogP contribution in [0.1, 0.15) is 32.4 Å². The maximum absolute atomic E-state index is 14.1. The van der Waals surface area contributed by atoms with Crippen LogP contribution in [0.5, 0.6) is 0 Å². The Bertz CT molecular complexity index is 423. The number of halogens is 2. The molecule has 1 N–H and O–H groups in total. The van der Waals surface area contributed by atoms with Gasteiger partial charge in [-0.15, -0.1) is 12.4 Å². The molecule has 1 saturated heterocycles. The summed E-state index contributed by atoms with van der Waals surface area (Å²) in [4.78, 5) is 6.38. The molecule has 6 heteroatoms. The molecule has 0 saturated carbocycles. The van der Waals surface area contributed by atoms with E-state index in [1.165, 1.54) is 0 Å². The first-order chi connectivity index (χ1) is 9.74. The predicted molar refractivity (Wildman–Crippen MR) is 85.7 cm³/mol. The van der Waals surface area contributed by atoms with Gasteiger partial charge >= 0.3 is 0 Å². The minimum atomic E-state index is -0.229. The van der Waals surface area contributed by atoms with Crippen LogP contribution in [0.3, 0.4) is 0 Å². The number of hydrogen-bond acceptors (Lipinski definition) is 4. The van der Waals surface area contributed by atoms with Crippen LogP contribution in [-0.4, -0.2) is 37.3 Å². The summed E-state index contributed by atoms with van der Waals surface area (Å²) in [6.07, 6.45) is 3.85. The summed E-state index contributed by atoms with van der Waals surface area (Å²) in [6, 6.07) is 2.01. The van der Waals surface area contributed by atoms with Crippen LogP contribution in [0.15, 0.2) is 12.3 Å². The molecule has 0 aromatic carbocycles. The summed E-state index contributed by atoms with van der Waals surface area (Å²) in [5, 5.41) is 3.34. The fourth-order valence-electron chi connectivity index (χ4n) is 2.40. The average molecular weight is 318 g/mol. The highest BCUT2D eigenvalue weighted by atomic mass is 35.5. The summed E-state index contributed by atoms with van der Waals surface area (Å²) in [6.45, 7) is 7.73. The maximum Gasteiger partial charge on any atom is 0.148 e. The molecule has 2 rings (SSSR count). The number of hydrogen-bond donors (Lipinski definition) is 1. The molecule has 0 spiro atoms. The predicted octanol–water partition coefficient (Wildman–Crippen LogP) is 2.76. The highest BCUT2D eigenvalue weighted by Crippen LogP contribution is 2.17. The van der Waals surface area contributed by atoms with E-state index in [-0.39, 0.29) is 18.2 Å². The van der Waals surface area contributed by atoms with Gasteiger partial charge in [-0.25, -0.2) is 4.39 Å². The lowest BCUT2D eigenvalue weighted by Crippen LogP contribution is -2.36. The Kier molecular flexibility index (Phi) is 7.93. The van der Waals surface area contributed by atoms with E-state index in [1.807, 2.05) is 0 Å². The van der Waals surface area contributed by atoms with Gasteiger partial charge in [0, 0.05) is 31.7 Å². The lowest BCUT2D eigenvalue weighted by molar-refractivity contribution is 0.122. The van der Waals surface area contributed by atoms with E-state index in [1.54, 1.807) is 12.3 Å². The van der Waals surface area contributed by atoms with E-state index in [0.29, 0.717) is 31.5 Å². The summed E-state index contributed by atoms with van der Waals surface area (Å²) < 4.78 is 19.4. The number of anilines is 1. The molecular weight excluding hydrogens is 293 g/mol. The molecule has 0 unspecified atom stereocenters. The van der Waals surface area contributed by atoms with Crippen molar-refractivity contribution in [2.45, 2.75) is 39.3 Å². The van der Waals surface area contributed by atoms with Crippen molar-refractivity contribution >= 4 is 18.1 Å². The zero-order chi connectivity index (χ0) is 14.4. The van der Waals surface area contributed by atoms with Crippen LogP contribution in [0.2, 0.25) is 0 Å². The third-order valence-electron chi connectivity index (χ3n) is 3.82. The minimum Gasteiger partial charge on any atom is -0.378 e. The molecule has 1 aliphatic heterocycles. The average Bonchev–Trinajstić information content (AvgIpc) is 2.50. The Balaban J connectivity index is 0.00000220. The van der Waals surface area contributed by atoms with Gasteiger partial charge in [0.15, 0.2) is 0 Å². The van der Waals surface area contributed by atoms with E-state index in [4.69, 9.17) is 4.74 Å². The van der Waals surface area contributed by atoms with Crippen LogP contribution in [0, 0.1) is 5.82 Å². The van der Waals surface area contributed by atoms with Gasteiger partial charge in [0.25, 0.3) is 0 Å². The van der Waals surface area contributed by atoms with Crippen LogP contribution < -0.4 is 10.2 Å². The number of nitrogens with one attached hydrogen (secondary N) is 1. The maximum atomic E-state index is 14.1. The number of pyridine rings is 1. The number of rotatable bonds is 6. The largest absolute Gasteiger partial charge is 0.378 e. The van der Waals surface area contributed by atoms with Crippen molar-refractivity contribution in [1.82, 2.24) is 10.3 Å². The normalized spacial score (nSPS) is 15.1. The topological polar surface area (TPSA) is 37.4 Å². The van der Waals surface area contributed by atoms with Crippen molar-refractivity contribution < 1.29 is 9.13 Å². The Morgan fingerprint density at radius 1 is 1.33 bits per heavy atom. The number of aromatic nitrogens is 1. The highest BCUT2D eigenvalue weighted by molar-refractivity contribution is 5.85. The second kappa shape index (κ2) is 9.18. The monoisotopic (exact) mass is 317 g/mol. The number of morpholine rings is 1. The van der Waals surface area contributed by atoms with Crippen molar-refractivity contribution in [3.8, 4) is 0 Å². The third kappa shape index (κ3) is 5.09. The van der Waals surface area contributed by atoms with Crippen LogP contribution >= 0.6 is 12.4 Å². The molecule has 1 aliphatic rings. The molecule has 0 aliphatic carbocycles. The van der Waals surface area contributed by atoms with Crippen molar-refractivity contribution in [3.63, 3.8) is 0 Å². The first kappa shape index (κ1) is 18.1. The summed E-state index contributed by atoms with van der Waals surface area (Å²) >= 11 is 0. The fourth-order valence-corrected chi connectivity index (χ4v) is 2.40. The molecule has 21 heavy (non-hydrogen) atoms. The van der Waals surface area contributed by atoms with Gasteiger partial charge < -0.3 is 15.0 Å². The first-order valence-electron chi connectivity index (χ1n) is 7.45. The summed E-state index contributed by atoms with van der Waals surface area (Å²) in [5.74, 6) is -0.229. The second-order valence-corrected chi connectivity index (χ2v) is 5.12. The van der Waals surface area contributed by atoms with Crippen molar-refractivity contribution in [3.05, 3.63) is 23.8 Å². The van der Waals surface area contributed by atoms with Gasteiger partial charge in [-0.1, -0.05) is 13.8 Å². The lowest BCUT2D eigenvalue weighted by Gasteiger charge is -2.28. The molecule has 0 bridgehead atoms. The van der Waals surface area contributed by atoms with Crippen molar-refractivity contribution in [1.29, 1.82) is 0 Å². The first-order valence-corrected chi connectivity index (χ1v) is 7.45. The smallest absolute Gasteiger partial charge is 0.148 e. The third-order valence-corrected chi connectivity index (χ3v) is 3.82. The molecule has 1 aromatic rings. The van der Waals surface area contributed by atoms with Crippen molar-refractivity contribution in [2.75, 3.05) is 31.2 Å². The zero-order valence-corrected chi connectivity index (χ0v) is 13.6. The van der Waals surface area contributed by atoms with E-state index >= 15 is 0 Å². The van der Waals surface area contributed by atoms with Gasteiger partial charge in [-0.3, -0.25) is 4.98 Å². The van der Waals surface area contributed by atoms with Gasteiger partial charge in [-0.2, -0.15) is 0 Å². The molecule has 0 radical (unpaired) electrons. The van der Waals surface area contributed by atoms with E-state index in [2.05, 4.69) is 29.0 Å². The number of ether oxygens (including phenoxy) is 1. The molecule has 1 aromatic heterocycles. The van der Waals surface area contributed by atoms with Gasteiger partial charge in [-0.05, 0) is 12.8 Å². The van der Waals surface area contributed by atoms with Gasteiger partial charge in [0.1, 0.15) is 5.82 Å². The second-order valence-electron chi connectivity index (χ2n) is 5.12. The summed E-state index contributed by atoms with van der Waals surface area (Å²) in [5.41, 5.74) is 1.34. The quantitative estimate of drug-likeness (QED) is 0.875. The fraction of sp³-hybridized carbons (Fsp3) is 0.667. The van der Waals surface area contributed by atoms with Gasteiger partial charge in [0.05, 0.1) is 30.8 Å². The molecule has 2 heterocycles. The highest BCUT2D eigenvalue weighted by Gasteiger charge is 2.14. The SMILES string of the molecule is CCC(CC)NCc1ncc(N2CCOCC2)cc1F.Cl. The Hall–Kier alpha value is -0.910. The zero-order valence-electron chi connectivity index (χ0n) is 12.8. The summed E-state index contributed by atoms with van der Waals surface area (Å²) in [7, 11) is 0. The molecular formula is C15H25ClFN3O. The minimum absolute atomic E-state index is 0. The van der Waals surface area contributed by atoms with Crippen molar-refractivity contribution in [2.24, 2.45) is 0 Å². The van der Waals surface area contributed by atoms with Crippen LogP contribution in [-0.2, 0) is 11.3 Å². The van der Waals surface area contributed by atoms with E-state index in [9.17, 15) is 4.39 Å². The molecule has 0 amide bonds. The van der Waals surface area contributed by atoms with Crippen LogP contribution in [0.4, 0.5) is 10.1 Å². The molecule has 1 fully saturated rings. The molecule has 4 nitrogen and oxygen atoms in total. The van der Waals surface area contributed by atoms with Gasteiger partial charge in [0.2, 0.25) is 0 Å². The Morgan fingerprint density at radius 3 is 2.57 bits per heavy atom. The van der Waals surface area contributed by atoms with E-state index in [0.717, 1.165) is 31.6 Å². The molecule has 0 atom stereocenters. The van der Waals surface area contributed by atoms with E-state index < -0.39 is 0 Å². The number of nitrogens with zero attached hydrogens (tertiary/aromatic N) is 2. The lowest BCUT2D eigenvalue weighted by atomic mass is 10.1. The standard InChI is InChI=1S/C15H24FN3O.ClH/c1-3-12(4-2)17-11-15-14(16)9-13(10-18-15)19-5-7-20-8-6-19;/h9-10,12,17H,3-8,11H2,1-2H3;1H. The van der Waals surface area contributed by atoms with Crippen LogP contribution in [0.25, 0.3) is 0 Å².